The summed E-state index contributed by atoms with van der Waals surface area (Å²) in [7, 11) is 1.05. The quantitative estimate of drug-likeness (QED) is 0.784. The number of anilines is 1. The molecular formula is C9H10F3N3O3. The summed E-state index contributed by atoms with van der Waals surface area (Å²) in [5, 5.41) is 0. The zero-order valence-electron chi connectivity index (χ0n) is 9.25. The number of nitrogens with zero attached hydrogens (tertiary/aromatic N) is 1. The predicted molar refractivity (Wildman–Crippen MR) is 54.6 cm³/mol. The molecule has 1 aromatic heterocycles. The van der Waals surface area contributed by atoms with Crippen LogP contribution in [0.15, 0.2) is 6.07 Å². The molecule has 0 aliphatic rings. The summed E-state index contributed by atoms with van der Waals surface area (Å²) in [4.78, 5) is 14.7. The number of ether oxygens (including phenoxy) is 2. The Labute approximate surface area is 99.7 Å². The first-order valence-electron chi connectivity index (χ1n) is 4.62. The molecule has 0 saturated carbocycles. The van der Waals surface area contributed by atoms with Crippen molar-refractivity contribution in [3.63, 3.8) is 0 Å². The molecule has 6 nitrogen and oxygen atoms in total. The van der Waals surface area contributed by atoms with Crippen LogP contribution in [0.5, 0.6) is 5.88 Å². The molecule has 0 unspecified atom stereocenters. The average molecular weight is 265 g/mol. The molecule has 0 bridgehead atoms. The average Bonchev–Trinajstić information content (AvgIpc) is 2.25. The minimum absolute atomic E-state index is 0.0939. The zero-order valence-corrected chi connectivity index (χ0v) is 9.25. The van der Waals surface area contributed by atoms with E-state index in [0.717, 1.165) is 13.2 Å². The number of pyridine rings is 1. The Morgan fingerprint density at radius 3 is 2.56 bits per heavy atom. The summed E-state index contributed by atoms with van der Waals surface area (Å²) in [6, 6.07) is 0.835. The fraction of sp³-hybridized carbons (Fsp3) is 0.333. The standard InChI is InChI=1S/C9H10F3N3O3/c1-17-8(16)7-4(3-13)5(14)2-6(15-7)18-9(10,11)12/h2H,3,13H2,1H3,(H2,14,15). The van der Waals surface area contributed by atoms with Crippen LogP contribution in [0.4, 0.5) is 18.9 Å². The molecule has 1 aromatic rings. The van der Waals surface area contributed by atoms with Gasteiger partial charge in [0.25, 0.3) is 0 Å². The van der Waals surface area contributed by atoms with Crippen molar-refractivity contribution in [2.75, 3.05) is 12.8 Å². The van der Waals surface area contributed by atoms with Gasteiger partial charge in [0.1, 0.15) is 0 Å². The van der Waals surface area contributed by atoms with E-state index in [1.807, 2.05) is 0 Å². The zero-order chi connectivity index (χ0) is 13.9. The third-order valence-electron chi connectivity index (χ3n) is 1.94. The van der Waals surface area contributed by atoms with Crippen molar-refractivity contribution in [3.8, 4) is 5.88 Å². The summed E-state index contributed by atoms with van der Waals surface area (Å²) in [6.07, 6.45) is -4.93. The number of hydrogen-bond acceptors (Lipinski definition) is 6. The smallest absolute Gasteiger partial charge is 0.464 e. The molecule has 1 rings (SSSR count). The van der Waals surface area contributed by atoms with Crippen molar-refractivity contribution in [2.24, 2.45) is 5.73 Å². The summed E-state index contributed by atoms with van der Waals surface area (Å²) in [5.41, 5.74) is 10.4. The van der Waals surface area contributed by atoms with Gasteiger partial charge in [0.05, 0.1) is 7.11 Å². The summed E-state index contributed by atoms with van der Waals surface area (Å²) in [5.74, 6) is -1.80. The monoisotopic (exact) mass is 265 g/mol. The van der Waals surface area contributed by atoms with Crippen molar-refractivity contribution in [3.05, 3.63) is 17.3 Å². The number of rotatable bonds is 3. The van der Waals surface area contributed by atoms with E-state index in [0.29, 0.717) is 0 Å². The number of nitrogens with two attached hydrogens (primary N) is 2. The second-order valence-electron chi connectivity index (χ2n) is 3.12. The Hall–Kier alpha value is -2.03. The number of carbonyl (C=O) groups excluding carboxylic acids is 1. The van der Waals surface area contributed by atoms with E-state index in [2.05, 4.69) is 14.5 Å². The van der Waals surface area contributed by atoms with Gasteiger partial charge in [-0.05, 0) is 0 Å². The van der Waals surface area contributed by atoms with E-state index in [9.17, 15) is 18.0 Å². The summed E-state index contributed by atoms with van der Waals surface area (Å²) in [6.45, 7) is -0.171. The van der Waals surface area contributed by atoms with Gasteiger partial charge in [0.2, 0.25) is 5.88 Å². The summed E-state index contributed by atoms with van der Waals surface area (Å²) >= 11 is 0. The van der Waals surface area contributed by atoms with Crippen LogP contribution < -0.4 is 16.2 Å². The fourth-order valence-corrected chi connectivity index (χ4v) is 1.22. The lowest BCUT2D eigenvalue weighted by molar-refractivity contribution is -0.276. The normalized spacial score (nSPS) is 11.2. The predicted octanol–water partition coefficient (Wildman–Crippen LogP) is 0.808. The molecule has 0 aliphatic heterocycles. The van der Waals surface area contributed by atoms with Crippen LogP contribution in [0.3, 0.4) is 0 Å². The van der Waals surface area contributed by atoms with E-state index in [4.69, 9.17) is 11.5 Å². The number of nitrogen functional groups attached to an aromatic ring is 1. The van der Waals surface area contributed by atoms with Gasteiger partial charge in [-0.2, -0.15) is 0 Å². The molecule has 4 N–H and O–H groups in total. The maximum Gasteiger partial charge on any atom is 0.574 e. The van der Waals surface area contributed by atoms with Crippen molar-refractivity contribution < 1.29 is 27.4 Å². The lowest BCUT2D eigenvalue weighted by atomic mass is 10.1. The maximum absolute atomic E-state index is 12.0. The lowest BCUT2D eigenvalue weighted by Gasteiger charge is -2.12. The molecule has 1 heterocycles. The molecule has 9 heteroatoms. The van der Waals surface area contributed by atoms with Crippen molar-refractivity contribution in [1.29, 1.82) is 0 Å². The van der Waals surface area contributed by atoms with E-state index < -0.39 is 23.9 Å². The van der Waals surface area contributed by atoms with Gasteiger partial charge in [-0.3, -0.25) is 0 Å². The Bertz CT molecular complexity index is 462. The van der Waals surface area contributed by atoms with E-state index in [1.165, 1.54) is 0 Å². The van der Waals surface area contributed by atoms with Gasteiger partial charge in [-0.15, -0.1) is 13.2 Å². The molecule has 0 aliphatic carbocycles. The third-order valence-corrected chi connectivity index (χ3v) is 1.94. The third kappa shape index (κ3) is 3.23. The Kier molecular flexibility index (Phi) is 3.96. The highest BCUT2D eigenvalue weighted by atomic mass is 19.4. The first kappa shape index (κ1) is 14.0. The van der Waals surface area contributed by atoms with Crippen LogP contribution in [-0.2, 0) is 11.3 Å². The minimum Gasteiger partial charge on any atom is -0.464 e. The van der Waals surface area contributed by atoms with Crippen molar-refractivity contribution >= 4 is 11.7 Å². The number of halogens is 3. The molecular weight excluding hydrogens is 255 g/mol. The molecule has 18 heavy (non-hydrogen) atoms. The molecule has 0 aromatic carbocycles. The molecule has 0 radical (unpaired) electrons. The van der Waals surface area contributed by atoms with E-state index in [1.54, 1.807) is 0 Å². The molecule has 0 spiro atoms. The van der Waals surface area contributed by atoms with Crippen LogP contribution in [0, 0.1) is 0 Å². The minimum atomic E-state index is -4.93. The molecule has 0 saturated heterocycles. The number of aromatic nitrogens is 1. The van der Waals surface area contributed by atoms with Crippen LogP contribution in [0.1, 0.15) is 16.1 Å². The van der Waals surface area contributed by atoms with Crippen molar-refractivity contribution in [2.45, 2.75) is 12.9 Å². The fourth-order valence-electron chi connectivity index (χ4n) is 1.22. The molecule has 0 fully saturated rings. The highest BCUT2D eigenvalue weighted by molar-refractivity contribution is 5.90. The first-order chi connectivity index (χ1) is 8.28. The topological polar surface area (TPSA) is 100 Å². The molecule has 0 amide bonds. The van der Waals surface area contributed by atoms with Gasteiger partial charge < -0.3 is 20.9 Å². The number of alkyl halides is 3. The Balaban J connectivity index is 3.26. The number of esters is 1. The first-order valence-corrected chi connectivity index (χ1v) is 4.62. The van der Waals surface area contributed by atoms with Gasteiger partial charge in [-0.1, -0.05) is 0 Å². The number of methoxy groups -OCH3 is 1. The SMILES string of the molecule is COC(=O)c1nc(OC(F)(F)F)cc(N)c1CN. The van der Waals surface area contributed by atoms with Gasteiger partial charge in [0.15, 0.2) is 5.69 Å². The van der Waals surface area contributed by atoms with Gasteiger partial charge in [0, 0.05) is 23.9 Å². The summed E-state index contributed by atoms with van der Waals surface area (Å²) < 4.78 is 44.0. The Morgan fingerprint density at radius 2 is 2.11 bits per heavy atom. The largest absolute Gasteiger partial charge is 0.574 e. The molecule has 0 atom stereocenters. The van der Waals surface area contributed by atoms with Crippen LogP contribution in [-0.4, -0.2) is 24.4 Å². The highest BCUT2D eigenvalue weighted by Gasteiger charge is 2.32. The van der Waals surface area contributed by atoms with Crippen LogP contribution >= 0.6 is 0 Å². The number of hydrogen-bond donors (Lipinski definition) is 2. The lowest BCUT2D eigenvalue weighted by Crippen LogP contribution is -2.20. The second kappa shape index (κ2) is 5.08. The van der Waals surface area contributed by atoms with E-state index >= 15 is 0 Å². The Morgan fingerprint density at radius 1 is 1.50 bits per heavy atom. The van der Waals surface area contributed by atoms with Crippen LogP contribution in [0.25, 0.3) is 0 Å². The second-order valence-corrected chi connectivity index (χ2v) is 3.12. The van der Waals surface area contributed by atoms with Gasteiger partial charge in [-0.25, -0.2) is 9.78 Å². The van der Waals surface area contributed by atoms with E-state index in [-0.39, 0.29) is 17.8 Å². The highest BCUT2D eigenvalue weighted by Crippen LogP contribution is 2.26. The number of carbonyl (C=O) groups is 1. The van der Waals surface area contributed by atoms with Gasteiger partial charge >= 0.3 is 12.3 Å². The molecule has 100 valence electrons. The van der Waals surface area contributed by atoms with Crippen molar-refractivity contribution in [1.82, 2.24) is 4.98 Å². The maximum atomic E-state index is 12.0. The van der Waals surface area contributed by atoms with Crippen LogP contribution in [0.2, 0.25) is 0 Å².